The van der Waals surface area contributed by atoms with Crippen molar-refractivity contribution in [1.29, 1.82) is 0 Å². The van der Waals surface area contributed by atoms with Crippen LogP contribution < -0.4 is 20.3 Å². The fraction of sp³-hybridized carbons (Fsp3) is 0.345. The number of carbonyl (C=O) groups is 1. The fourth-order valence-electron chi connectivity index (χ4n) is 5.33. The molecule has 3 aromatic rings. The van der Waals surface area contributed by atoms with Gasteiger partial charge in [0, 0.05) is 37.5 Å². The third-order valence-electron chi connectivity index (χ3n) is 7.15. The predicted molar refractivity (Wildman–Crippen MR) is 146 cm³/mol. The van der Waals surface area contributed by atoms with E-state index >= 15 is 0 Å². The summed E-state index contributed by atoms with van der Waals surface area (Å²) in [7, 11) is 0. The lowest BCUT2D eigenvalue weighted by atomic mass is 9.88. The molecule has 0 saturated carbocycles. The molecule has 200 valence electrons. The third kappa shape index (κ3) is 5.94. The summed E-state index contributed by atoms with van der Waals surface area (Å²) in [5, 5.41) is 6.51. The highest BCUT2D eigenvalue weighted by atomic mass is 32.1. The van der Waals surface area contributed by atoms with Crippen molar-refractivity contribution < 1.29 is 22.7 Å². The number of halogens is 3. The molecule has 2 aliphatic rings. The van der Waals surface area contributed by atoms with Gasteiger partial charge in [-0.3, -0.25) is 4.79 Å². The number of hydrogen-bond donors (Lipinski definition) is 3. The van der Waals surface area contributed by atoms with E-state index in [9.17, 15) is 18.0 Å². The van der Waals surface area contributed by atoms with Gasteiger partial charge in [-0.2, -0.15) is 12.6 Å². The average molecular weight is 542 g/mol. The summed E-state index contributed by atoms with van der Waals surface area (Å²) in [5.41, 5.74) is 2.34. The van der Waals surface area contributed by atoms with Crippen LogP contribution in [0.3, 0.4) is 0 Å². The molecule has 3 aromatic carbocycles. The van der Waals surface area contributed by atoms with E-state index in [4.69, 9.17) is 4.74 Å². The Morgan fingerprint density at radius 2 is 1.82 bits per heavy atom. The first-order valence-electron chi connectivity index (χ1n) is 12.8. The number of anilines is 2. The predicted octanol–water partition coefficient (Wildman–Crippen LogP) is 5.51. The van der Waals surface area contributed by atoms with Crippen LogP contribution in [0.5, 0.6) is 5.75 Å². The third-order valence-corrected chi connectivity index (χ3v) is 7.47. The molecule has 1 amide bonds. The topological polar surface area (TPSA) is 53.6 Å². The number of hydrogen-bond acceptors (Lipinski definition) is 5. The molecule has 2 heterocycles. The normalized spacial score (nSPS) is 19.2. The largest absolute Gasteiger partial charge is 0.488 e. The van der Waals surface area contributed by atoms with E-state index in [2.05, 4.69) is 28.2 Å². The number of nitrogens with one attached hydrogen (secondary N) is 2. The number of amides is 1. The van der Waals surface area contributed by atoms with Gasteiger partial charge in [-0.05, 0) is 66.1 Å². The maximum Gasteiger partial charge on any atom is 0.225 e. The van der Waals surface area contributed by atoms with Gasteiger partial charge in [0.15, 0.2) is 5.75 Å². The van der Waals surface area contributed by atoms with E-state index in [1.807, 2.05) is 12.1 Å². The van der Waals surface area contributed by atoms with E-state index in [0.717, 1.165) is 43.4 Å². The lowest BCUT2D eigenvalue weighted by Crippen LogP contribution is -2.57. The Hall–Kier alpha value is -3.17. The molecule has 0 aliphatic carbocycles. The van der Waals surface area contributed by atoms with Gasteiger partial charge >= 0.3 is 0 Å². The Morgan fingerprint density at radius 3 is 2.55 bits per heavy atom. The highest BCUT2D eigenvalue weighted by molar-refractivity contribution is 7.80. The van der Waals surface area contributed by atoms with Gasteiger partial charge in [-0.15, -0.1) is 0 Å². The number of ether oxygens (including phenoxy) is 1. The molecule has 2 bridgehead atoms. The molecule has 38 heavy (non-hydrogen) atoms. The van der Waals surface area contributed by atoms with E-state index in [1.54, 1.807) is 6.07 Å². The Bertz CT molecular complexity index is 1270. The minimum atomic E-state index is -0.740. The number of nitrogens with zero attached hydrogens (tertiary/aromatic N) is 1. The van der Waals surface area contributed by atoms with Crippen molar-refractivity contribution in [1.82, 2.24) is 5.32 Å². The van der Waals surface area contributed by atoms with Gasteiger partial charge in [0.2, 0.25) is 5.91 Å². The molecule has 1 fully saturated rings. The summed E-state index contributed by atoms with van der Waals surface area (Å²) in [6.07, 6.45) is 1.88. The smallest absolute Gasteiger partial charge is 0.225 e. The maximum atomic E-state index is 14.1. The van der Waals surface area contributed by atoms with Crippen LogP contribution in [0, 0.1) is 17.5 Å². The van der Waals surface area contributed by atoms with Crippen LogP contribution in [-0.2, 0) is 4.79 Å². The lowest BCUT2D eigenvalue weighted by molar-refractivity contribution is -0.116. The monoisotopic (exact) mass is 541 g/mol. The maximum absolute atomic E-state index is 14.1. The zero-order chi connectivity index (χ0) is 26.6. The molecular formula is C29H30F3N3O2S. The molecule has 3 atom stereocenters. The Kier molecular flexibility index (Phi) is 8.14. The summed E-state index contributed by atoms with van der Waals surface area (Å²) in [4.78, 5) is 15.7. The summed E-state index contributed by atoms with van der Waals surface area (Å²) in [6, 6.07) is 14.9. The molecule has 0 spiro atoms. The molecule has 0 radical (unpaired) electrons. The van der Waals surface area contributed by atoms with E-state index < -0.39 is 23.4 Å². The molecule has 2 N–H and O–H groups in total. The van der Waals surface area contributed by atoms with Crippen molar-refractivity contribution in [2.45, 2.75) is 37.3 Å². The molecular weight excluding hydrogens is 511 g/mol. The van der Waals surface area contributed by atoms with Crippen LogP contribution in [0.2, 0.25) is 0 Å². The van der Waals surface area contributed by atoms with Crippen LogP contribution in [0.1, 0.15) is 36.3 Å². The summed E-state index contributed by atoms with van der Waals surface area (Å²) in [5.74, 6) is -1.52. The molecule has 5 nitrogen and oxygen atoms in total. The van der Waals surface area contributed by atoms with Gasteiger partial charge in [-0.25, -0.2) is 13.2 Å². The van der Waals surface area contributed by atoms with Crippen molar-refractivity contribution in [3.05, 3.63) is 89.2 Å². The first-order valence-corrected chi connectivity index (χ1v) is 13.4. The number of benzene rings is 3. The first-order chi connectivity index (χ1) is 18.4. The fourth-order valence-corrected chi connectivity index (χ4v) is 5.51. The van der Waals surface area contributed by atoms with Crippen molar-refractivity contribution in [2.75, 3.05) is 35.7 Å². The van der Waals surface area contributed by atoms with Crippen molar-refractivity contribution in [3.63, 3.8) is 0 Å². The second kappa shape index (κ2) is 11.7. The van der Waals surface area contributed by atoms with Gasteiger partial charge in [0.25, 0.3) is 0 Å². The van der Waals surface area contributed by atoms with Crippen LogP contribution in [-0.4, -0.2) is 43.4 Å². The number of para-hydroxylation sites is 1. The Labute approximate surface area is 225 Å². The highest BCUT2D eigenvalue weighted by Gasteiger charge is 2.33. The van der Waals surface area contributed by atoms with Gasteiger partial charge in [0.1, 0.15) is 24.1 Å². The lowest BCUT2D eigenvalue weighted by Gasteiger charge is -2.40. The number of thiol groups is 1. The van der Waals surface area contributed by atoms with E-state index in [-0.39, 0.29) is 24.4 Å². The molecule has 9 heteroatoms. The van der Waals surface area contributed by atoms with Crippen molar-refractivity contribution in [2.24, 2.45) is 0 Å². The van der Waals surface area contributed by atoms with E-state index in [0.29, 0.717) is 29.2 Å². The second-order valence-electron chi connectivity index (χ2n) is 9.80. The average Bonchev–Trinajstić information content (AvgIpc) is 3.04. The minimum Gasteiger partial charge on any atom is -0.488 e. The van der Waals surface area contributed by atoms with Crippen LogP contribution in [0.4, 0.5) is 24.5 Å². The zero-order valence-corrected chi connectivity index (χ0v) is 21.7. The highest BCUT2D eigenvalue weighted by Crippen LogP contribution is 2.40. The Morgan fingerprint density at radius 1 is 1.05 bits per heavy atom. The SMILES string of the molecule is O=C(CC(c1ccc(F)cc1)c1cc(F)cc(F)c1)Nc1cccc2c1OCC1CN2C(CCCS)CN1. The number of rotatable bonds is 8. The summed E-state index contributed by atoms with van der Waals surface area (Å²) in [6.45, 7) is 2.12. The molecule has 1 saturated heterocycles. The molecule has 3 unspecified atom stereocenters. The standard InChI is InChI=1S/C29H30F3N3O2S/c30-20-8-6-18(7-9-20)25(19-11-21(31)13-22(32)12-19)14-28(36)34-26-4-1-5-27-29(26)37-17-23-16-35(27)24(15-33-23)3-2-10-38/h1,4-9,11-13,23-25,33,38H,2-3,10,14-17H2,(H,34,36). The first kappa shape index (κ1) is 26.4. The molecule has 0 aromatic heterocycles. The minimum absolute atomic E-state index is 0.101. The number of piperazine rings is 1. The molecule has 2 aliphatic heterocycles. The molecule has 5 rings (SSSR count). The van der Waals surface area contributed by atoms with Gasteiger partial charge < -0.3 is 20.3 Å². The number of fused-ring (bicyclic) bond motifs is 4. The summed E-state index contributed by atoms with van der Waals surface area (Å²) >= 11 is 4.37. The second-order valence-corrected chi connectivity index (χ2v) is 10.2. The zero-order valence-electron chi connectivity index (χ0n) is 20.8. The van der Waals surface area contributed by atoms with Crippen molar-refractivity contribution >= 4 is 29.9 Å². The van der Waals surface area contributed by atoms with Crippen LogP contribution in [0.25, 0.3) is 0 Å². The van der Waals surface area contributed by atoms with Gasteiger partial charge in [0.05, 0.1) is 17.4 Å². The van der Waals surface area contributed by atoms with Crippen molar-refractivity contribution in [3.8, 4) is 5.75 Å². The number of carbonyl (C=O) groups excluding carboxylic acids is 1. The van der Waals surface area contributed by atoms with Crippen LogP contribution in [0.15, 0.2) is 60.7 Å². The van der Waals surface area contributed by atoms with E-state index in [1.165, 1.54) is 36.4 Å². The Balaban J connectivity index is 1.41. The summed E-state index contributed by atoms with van der Waals surface area (Å²) < 4.78 is 47.9. The van der Waals surface area contributed by atoms with Crippen LogP contribution >= 0.6 is 12.6 Å². The van der Waals surface area contributed by atoms with Gasteiger partial charge in [-0.1, -0.05) is 18.2 Å². The quantitative estimate of drug-likeness (QED) is 0.329.